The van der Waals surface area contributed by atoms with Gasteiger partial charge in [-0.05, 0) is 37.1 Å². The monoisotopic (exact) mass is 256 g/mol. The summed E-state index contributed by atoms with van der Waals surface area (Å²) in [6.07, 6.45) is 2.83. The number of anilines is 2. The van der Waals surface area contributed by atoms with E-state index in [-0.39, 0.29) is 0 Å². The van der Waals surface area contributed by atoms with Gasteiger partial charge in [-0.2, -0.15) is 0 Å². The molecule has 0 bridgehead atoms. The average Bonchev–Trinajstić information content (AvgIpc) is 2.46. The zero-order valence-electron chi connectivity index (χ0n) is 11.5. The van der Waals surface area contributed by atoms with E-state index in [1.165, 1.54) is 5.56 Å². The molecule has 0 aromatic carbocycles. The molecule has 100 valence electrons. The van der Waals surface area contributed by atoms with E-state index in [0.717, 1.165) is 30.3 Å². The molecule has 0 saturated carbocycles. The summed E-state index contributed by atoms with van der Waals surface area (Å²) in [5.74, 6) is 1.76. The number of nitrogens with one attached hydrogen (secondary N) is 2. The Morgan fingerprint density at radius 3 is 2.53 bits per heavy atom. The molecular weight excluding hydrogens is 236 g/mol. The lowest BCUT2D eigenvalue weighted by molar-refractivity contribution is 0.964. The lowest BCUT2D eigenvalue weighted by Gasteiger charge is -2.10. The van der Waals surface area contributed by atoms with E-state index < -0.39 is 0 Å². The zero-order chi connectivity index (χ0) is 13.5. The van der Waals surface area contributed by atoms with Crippen molar-refractivity contribution < 1.29 is 0 Å². The fraction of sp³-hybridized carbons (Fsp3) is 0.333. The molecule has 2 N–H and O–H groups in total. The van der Waals surface area contributed by atoms with Gasteiger partial charge in [0.1, 0.15) is 11.6 Å². The lowest BCUT2D eigenvalue weighted by Crippen LogP contribution is -2.07. The molecule has 2 aromatic heterocycles. The highest BCUT2D eigenvalue weighted by Crippen LogP contribution is 2.12. The molecule has 2 aromatic rings. The quantitative estimate of drug-likeness (QED) is 0.834. The van der Waals surface area contributed by atoms with Crippen molar-refractivity contribution in [2.75, 3.05) is 17.2 Å². The van der Waals surface area contributed by atoms with Gasteiger partial charge in [0.05, 0.1) is 12.2 Å². The zero-order valence-corrected chi connectivity index (χ0v) is 11.5. The molecule has 19 heavy (non-hydrogen) atoms. The Kier molecular flexibility index (Phi) is 4.72. The summed E-state index contributed by atoms with van der Waals surface area (Å²) in [6, 6.07) is 10.0. The second kappa shape index (κ2) is 6.73. The van der Waals surface area contributed by atoms with Crippen molar-refractivity contribution in [3.05, 3.63) is 47.8 Å². The van der Waals surface area contributed by atoms with E-state index in [9.17, 15) is 0 Å². The standard InChI is InChI=1S/C15H20N4/c1-3-12-7-6-10-17-13(12)11-18-15-9-5-8-14(19-15)16-4-2/h5-10H,3-4,11H2,1-2H3,(H2,16,18,19). The number of aromatic nitrogens is 2. The minimum Gasteiger partial charge on any atom is -0.370 e. The van der Waals surface area contributed by atoms with Gasteiger partial charge in [-0.25, -0.2) is 4.98 Å². The smallest absolute Gasteiger partial charge is 0.128 e. The van der Waals surface area contributed by atoms with Crippen LogP contribution in [0.15, 0.2) is 36.5 Å². The van der Waals surface area contributed by atoms with E-state index in [1.807, 2.05) is 30.5 Å². The van der Waals surface area contributed by atoms with Crippen LogP contribution in [0.25, 0.3) is 0 Å². The lowest BCUT2D eigenvalue weighted by atomic mass is 10.1. The maximum atomic E-state index is 4.48. The highest BCUT2D eigenvalue weighted by Gasteiger charge is 2.02. The van der Waals surface area contributed by atoms with Crippen molar-refractivity contribution in [2.24, 2.45) is 0 Å². The van der Waals surface area contributed by atoms with Crippen LogP contribution in [-0.2, 0) is 13.0 Å². The third kappa shape index (κ3) is 3.68. The van der Waals surface area contributed by atoms with Gasteiger partial charge in [0.2, 0.25) is 0 Å². The summed E-state index contributed by atoms with van der Waals surface area (Å²) in [6.45, 7) is 5.77. The normalized spacial score (nSPS) is 10.2. The maximum absolute atomic E-state index is 4.48. The van der Waals surface area contributed by atoms with Gasteiger partial charge in [-0.3, -0.25) is 4.98 Å². The van der Waals surface area contributed by atoms with E-state index in [0.29, 0.717) is 6.54 Å². The van der Waals surface area contributed by atoms with E-state index in [2.05, 4.69) is 40.5 Å². The van der Waals surface area contributed by atoms with Gasteiger partial charge in [0.25, 0.3) is 0 Å². The molecule has 0 saturated heterocycles. The Hall–Kier alpha value is -2.10. The van der Waals surface area contributed by atoms with Crippen LogP contribution in [0, 0.1) is 0 Å². The Labute approximate surface area is 114 Å². The van der Waals surface area contributed by atoms with Crippen molar-refractivity contribution in [1.82, 2.24) is 9.97 Å². The molecule has 4 heteroatoms. The molecule has 0 aliphatic rings. The molecule has 0 amide bonds. The predicted octanol–water partition coefficient (Wildman–Crippen LogP) is 3.08. The van der Waals surface area contributed by atoms with Crippen molar-refractivity contribution in [3.63, 3.8) is 0 Å². The van der Waals surface area contributed by atoms with Crippen LogP contribution in [0.5, 0.6) is 0 Å². The highest BCUT2D eigenvalue weighted by atomic mass is 15.1. The van der Waals surface area contributed by atoms with E-state index in [1.54, 1.807) is 0 Å². The fourth-order valence-corrected chi connectivity index (χ4v) is 1.94. The van der Waals surface area contributed by atoms with Gasteiger partial charge in [0, 0.05) is 12.7 Å². The second-order valence-electron chi connectivity index (χ2n) is 4.25. The molecule has 0 aliphatic carbocycles. The van der Waals surface area contributed by atoms with Gasteiger partial charge >= 0.3 is 0 Å². The molecule has 4 nitrogen and oxygen atoms in total. The Morgan fingerprint density at radius 1 is 1.00 bits per heavy atom. The van der Waals surface area contributed by atoms with Gasteiger partial charge in [0.15, 0.2) is 0 Å². The summed E-state index contributed by atoms with van der Waals surface area (Å²) in [4.78, 5) is 8.90. The van der Waals surface area contributed by atoms with E-state index >= 15 is 0 Å². The third-order valence-electron chi connectivity index (χ3n) is 2.91. The number of rotatable bonds is 6. The maximum Gasteiger partial charge on any atom is 0.128 e. The first-order valence-electron chi connectivity index (χ1n) is 6.71. The number of nitrogens with zero attached hydrogens (tertiary/aromatic N) is 2. The predicted molar refractivity (Wildman–Crippen MR) is 79.3 cm³/mol. The fourth-order valence-electron chi connectivity index (χ4n) is 1.94. The van der Waals surface area contributed by atoms with Crippen molar-refractivity contribution in [3.8, 4) is 0 Å². The van der Waals surface area contributed by atoms with Gasteiger partial charge < -0.3 is 10.6 Å². The Bertz CT molecular complexity index is 525. The molecule has 2 heterocycles. The Morgan fingerprint density at radius 2 is 1.79 bits per heavy atom. The molecule has 2 rings (SSSR count). The summed E-state index contributed by atoms with van der Waals surface area (Å²) < 4.78 is 0. The van der Waals surface area contributed by atoms with Crippen LogP contribution < -0.4 is 10.6 Å². The van der Waals surface area contributed by atoms with Gasteiger partial charge in [-0.15, -0.1) is 0 Å². The van der Waals surface area contributed by atoms with Crippen LogP contribution in [0.4, 0.5) is 11.6 Å². The largest absolute Gasteiger partial charge is 0.370 e. The minimum atomic E-state index is 0.701. The highest BCUT2D eigenvalue weighted by molar-refractivity contribution is 5.45. The summed E-state index contributed by atoms with van der Waals surface area (Å²) >= 11 is 0. The minimum absolute atomic E-state index is 0.701. The van der Waals surface area contributed by atoms with Crippen LogP contribution in [0.2, 0.25) is 0 Å². The average molecular weight is 256 g/mol. The molecular formula is C15H20N4. The van der Waals surface area contributed by atoms with Crippen molar-refractivity contribution in [2.45, 2.75) is 26.8 Å². The molecule has 0 atom stereocenters. The SMILES string of the molecule is CCNc1cccc(NCc2ncccc2CC)n1. The van der Waals surface area contributed by atoms with Crippen LogP contribution in [0.3, 0.4) is 0 Å². The van der Waals surface area contributed by atoms with E-state index in [4.69, 9.17) is 0 Å². The second-order valence-corrected chi connectivity index (χ2v) is 4.25. The summed E-state index contributed by atoms with van der Waals surface area (Å²) in [5.41, 5.74) is 2.36. The number of hydrogen-bond acceptors (Lipinski definition) is 4. The molecule has 0 fully saturated rings. The van der Waals surface area contributed by atoms with Crippen molar-refractivity contribution >= 4 is 11.6 Å². The first-order chi connectivity index (χ1) is 9.33. The summed E-state index contributed by atoms with van der Waals surface area (Å²) in [5, 5.41) is 6.52. The van der Waals surface area contributed by atoms with Crippen molar-refractivity contribution in [1.29, 1.82) is 0 Å². The number of hydrogen-bond donors (Lipinski definition) is 2. The first kappa shape index (κ1) is 13.3. The Balaban J connectivity index is 2.03. The third-order valence-corrected chi connectivity index (χ3v) is 2.91. The van der Waals surface area contributed by atoms with Crippen LogP contribution in [0.1, 0.15) is 25.1 Å². The molecule has 0 radical (unpaired) electrons. The molecule has 0 unspecified atom stereocenters. The number of pyridine rings is 2. The van der Waals surface area contributed by atoms with Gasteiger partial charge in [-0.1, -0.05) is 19.1 Å². The topological polar surface area (TPSA) is 49.8 Å². The first-order valence-corrected chi connectivity index (χ1v) is 6.71. The van der Waals surface area contributed by atoms with Crippen LogP contribution >= 0.6 is 0 Å². The summed E-state index contributed by atoms with van der Waals surface area (Å²) in [7, 11) is 0. The number of aryl methyl sites for hydroxylation is 1. The molecule has 0 spiro atoms. The molecule has 0 aliphatic heterocycles. The van der Waals surface area contributed by atoms with Crippen LogP contribution in [-0.4, -0.2) is 16.5 Å².